The molecule has 7 nitrogen and oxygen atoms in total. The lowest BCUT2D eigenvalue weighted by Gasteiger charge is -2.21. The summed E-state index contributed by atoms with van der Waals surface area (Å²) in [7, 11) is 0. The smallest absolute Gasteiger partial charge is 0.326 e. The fourth-order valence-electron chi connectivity index (χ4n) is 3.56. The van der Waals surface area contributed by atoms with Crippen LogP contribution in [0.4, 0.5) is 0 Å². The molecular formula is C27H26N2O5. The van der Waals surface area contributed by atoms with Crippen LogP contribution in [0.2, 0.25) is 0 Å². The highest BCUT2D eigenvalue weighted by atomic mass is 16.4. The number of amides is 2. The van der Waals surface area contributed by atoms with Gasteiger partial charge < -0.3 is 15.7 Å². The van der Waals surface area contributed by atoms with Gasteiger partial charge in [-0.2, -0.15) is 0 Å². The summed E-state index contributed by atoms with van der Waals surface area (Å²) >= 11 is 0. The standard InChI is InChI=1S/C27H26N2O5/c1-18(30)28-23(16-19-8-4-2-5-9-19)26(32)29-24(27(33)34)17-20-12-14-22(15-13-20)25(31)21-10-6-3-7-11-21/h2-15,23-24H,16-17H2,1H3,(H,28,30)(H,29,32)(H,33,34)/t23-,24+/m0/s1. The van der Waals surface area contributed by atoms with Gasteiger partial charge in [-0.15, -0.1) is 0 Å². The van der Waals surface area contributed by atoms with Crippen LogP contribution in [0.25, 0.3) is 0 Å². The highest BCUT2D eigenvalue weighted by Gasteiger charge is 2.26. The summed E-state index contributed by atoms with van der Waals surface area (Å²) in [5.41, 5.74) is 2.53. The van der Waals surface area contributed by atoms with E-state index in [1.807, 2.05) is 36.4 Å². The van der Waals surface area contributed by atoms with Crippen molar-refractivity contribution in [3.63, 3.8) is 0 Å². The Morgan fingerprint density at radius 3 is 1.74 bits per heavy atom. The van der Waals surface area contributed by atoms with E-state index in [4.69, 9.17) is 0 Å². The van der Waals surface area contributed by atoms with Crippen LogP contribution < -0.4 is 10.6 Å². The molecule has 3 N–H and O–H groups in total. The van der Waals surface area contributed by atoms with Gasteiger partial charge in [0.25, 0.3) is 0 Å². The van der Waals surface area contributed by atoms with Crippen LogP contribution in [-0.2, 0) is 27.2 Å². The number of benzene rings is 3. The molecule has 0 heterocycles. The molecule has 3 rings (SSSR count). The van der Waals surface area contributed by atoms with Gasteiger partial charge in [0.05, 0.1) is 0 Å². The number of carbonyl (C=O) groups is 4. The van der Waals surface area contributed by atoms with Crippen molar-refractivity contribution in [2.75, 3.05) is 0 Å². The first kappa shape index (κ1) is 24.4. The van der Waals surface area contributed by atoms with E-state index in [1.165, 1.54) is 6.92 Å². The van der Waals surface area contributed by atoms with Crippen molar-refractivity contribution >= 4 is 23.6 Å². The fourth-order valence-corrected chi connectivity index (χ4v) is 3.56. The molecule has 0 aromatic heterocycles. The van der Waals surface area contributed by atoms with Crippen LogP contribution in [-0.4, -0.2) is 40.8 Å². The zero-order valence-electron chi connectivity index (χ0n) is 18.7. The minimum atomic E-state index is -1.20. The molecule has 0 unspecified atom stereocenters. The molecule has 0 bridgehead atoms. The van der Waals surface area contributed by atoms with Crippen molar-refractivity contribution in [1.82, 2.24) is 10.6 Å². The minimum absolute atomic E-state index is 0.0268. The second-order valence-electron chi connectivity index (χ2n) is 7.94. The van der Waals surface area contributed by atoms with Gasteiger partial charge in [0, 0.05) is 30.9 Å². The first-order valence-electron chi connectivity index (χ1n) is 10.9. The molecule has 0 saturated heterocycles. The Balaban J connectivity index is 1.69. The van der Waals surface area contributed by atoms with E-state index < -0.39 is 24.0 Å². The highest BCUT2D eigenvalue weighted by Crippen LogP contribution is 2.13. The maximum absolute atomic E-state index is 12.9. The number of carbonyl (C=O) groups excluding carboxylic acids is 3. The molecule has 3 aromatic rings. The second kappa shape index (κ2) is 11.6. The molecule has 0 fully saturated rings. The molecule has 0 aliphatic heterocycles. The third kappa shape index (κ3) is 6.87. The molecule has 34 heavy (non-hydrogen) atoms. The number of hydrogen-bond donors (Lipinski definition) is 3. The van der Waals surface area contributed by atoms with Crippen molar-refractivity contribution in [2.24, 2.45) is 0 Å². The number of aliphatic carboxylic acids is 1. The van der Waals surface area contributed by atoms with Crippen LogP contribution in [0.5, 0.6) is 0 Å². The van der Waals surface area contributed by atoms with Crippen molar-refractivity contribution in [3.8, 4) is 0 Å². The molecule has 0 saturated carbocycles. The number of hydrogen-bond acceptors (Lipinski definition) is 4. The maximum Gasteiger partial charge on any atom is 0.326 e. The Kier molecular flexibility index (Phi) is 8.29. The SMILES string of the molecule is CC(=O)N[C@@H](Cc1ccccc1)C(=O)N[C@H](Cc1ccc(C(=O)c2ccccc2)cc1)C(=O)O. The van der Waals surface area contributed by atoms with Gasteiger partial charge in [-0.1, -0.05) is 84.9 Å². The van der Waals surface area contributed by atoms with Gasteiger partial charge >= 0.3 is 5.97 Å². The number of rotatable bonds is 10. The Morgan fingerprint density at radius 2 is 1.18 bits per heavy atom. The van der Waals surface area contributed by atoms with E-state index in [-0.39, 0.29) is 24.5 Å². The summed E-state index contributed by atoms with van der Waals surface area (Å²) < 4.78 is 0. The second-order valence-corrected chi connectivity index (χ2v) is 7.94. The largest absolute Gasteiger partial charge is 0.480 e. The summed E-state index contributed by atoms with van der Waals surface area (Å²) in [5.74, 6) is -2.29. The first-order chi connectivity index (χ1) is 16.3. The Hall–Kier alpha value is -4.26. The van der Waals surface area contributed by atoms with Gasteiger partial charge in [-0.25, -0.2) is 4.79 Å². The van der Waals surface area contributed by atoms with Gasteiger partial charge in [0.1, 0.15) is 12.1 Å². The number of carboxylic acid groups (broad SMARTS) is 1. The third-order valence-corrected chi connectivity index (χ3v) is 5.28. The van der Waals surface area contributed by atoms with Crippen LogP contribution in [0.15, 0.2) is 84.9 Å². The Labute approximate surface area is 197 Å². The average Bonchev–Trinajstić information content (AvgIpc) is 2.84. The van der Waals surface area contributed by atoms with Gasteiger partial charge in [0.2, 0.25) is 11.8 Å². The molecule has 3 aromatic carbocycles. The lowest BCUT2D eigenvalue weighted by atomic mass is 9.99. The molecule has 174 valence electrons. The van der Waals surface area contributed by atoms with E-state index in [1.54, 1.807) is 48.5 Å². The van der Waals surface area contributed by atoms with Crippen molar-refractivity contribution in [3.05, 3.63) is 107 Å². The summed E-state index contributed by atoms with van der Waals surface area (Å²) in [4.78, 5) is 48.9. The van der Waals surface area contributed by atoms with Gasteiger partial charge in [-0.05, 0) is 11.1 Å². The van der Waals surface area contributed by atoms with E-state index in [0.717, 1.165) is 5.56 Å². The molecule has 0 aliphatic rings. The van der Waals surface area contributed by atoms with Crippen molar-refractivity contribution < 1.29 is 24.3 Å². The number of carboxylic acids is 1. The normalized spacial score (nSPS) is 12.3. The van der Waals surface area contributed by atoms with Crippen LogP contribution >= 0.6 is 0 Å². The Morgan fingerprint density at radius 1 is 0.676 bits per heavy atom. The van der Waals surface area contributed by atoms with Crippen LogP contribution in [0, 0.1) is 0 Å². The molecular weight excluding hydrogens is 432 g/mol. The zero-order chi connectivity index (χ0) is 24.5. The monoisotopic (exact) mass is 458 g/mol. The molecule has 2 atom stereocenters. The van der Waals surface area contributed by atoms with Crippen molar-refractivity contribution in [1.29, 1.82) is 0 Å². The summed E-state index contributed by atoms with van der Waals surface area (Å²) in [6.07, 6.45) is 0.258. The first-order valence-corrected chi connectivity index (χ1v) is 10.9. The summed E-state index contributed by atoms with van der Waals surface area (Å²) in [6, 6.07) is 22.5. The zero-order valence-corrected chi connectivity index (χ0v) is 18.7. The number of nitrogens with one attached hydrogen (secondary N) is 2. The van der Waals surface area contributed by atoms with Crippen molar-refractivity contribution in [2.45, 2.75) is 31.8 Å². The van der Waals surface area contributed by atoms with Gasteiger partial charge in [-0.3, -0.25) is 14.4 Å². The predicted molar refractivity (Wildman–Crippen MR) is 127 cm³/mol. The van der Waals surface area contributed by atoms with Gasteiger partial charge in [0.15, 0.2) is 5.78 Å². The lowest BCUT2D eigenvalue weighted by Crippen LogP contribution is -2.52. The highest BCUT2D eigenvalue weighted by molar-refractivity contribution is 6.08. The molecule has 2 amide bonds. The summed E-state index contributed by atoms with van der Waals surface area (Å²) in [5, 5.41) is 14.8. The van der Waals surface area contributed by atoms with E-state index in [2.05, 4.69) is 10.6 Å². The average molecular weight is 459 g/mol. The number of ketones is 1. The van der Waals surface area contributed by atoms with Crippen LogP contribution in [0.1, 0.15) is 34.0 Å². The van der Waals surface area contributed by atoms with E-state index >= 15 is 0 Å². The molecule has 0 spiro atoms. The maximum atomic E-state index is 12.9. The minimum Gasteiger partial charge on any atom is -0.480 e. The third-order valence-electron chi connectivity index (χ3n) is 5.28. The quantitative estimate of drug-likeness (QED) is 0.405. The molecule has 7 heteroatoms. The van der Waals surface area contributed by atoms with E-state index in [0.29, 0.717) is 16.7 Å². The van der Waals surface area contributed by atoms with E-state index in [9.17, 15) is 24.3 Å². The molecule has 0 radical (unpaired) electrons. The molecule has 0 aliphatic carbocycles. The topological polar surface area (TPSA) is 113 Å². The predicted octanol–water partition coefficient (Wildman–Crippen LogP) is 2.78. The Bertz CT molecular complexity index is 1140. The lowest BCUT2D eigenvalue weighted by molar-refractivity contribution is -0.142. The summed E-state index contributed by atoms with van der Waals surface area (Å²) in [6.45, 7) is 1.30. The fraction of sp³-hybridized carbons (Fsp3) is 0.185. The van der Waals surface area contributed by atoms with Crippen LogP contribution in [0.3, 0.4) is 0 Å².